The molecule has 10 heteroatoms. The summed E-state index contributed by atoms with van der Waals surface area (Å²) in [7, 11) is 0. The van der Waals surface area contributed by atoms with Crippen LogP contribution in [-0.2, 0) is 41.6 Å². The van der Waals surface area contributed by atoms with Crippen molar-refractivity contribution in [1.29, 1.82) is 0 Å². The van der Waals surface area contributed by atoms with Crippen molar-refractivity contribution in [1.82, 2.24) is 15.6 Å². The molecule has 1 heterocycles. The maximum atomic E-state index is 13.9. The number of carbonyl (C=O) groups is 4. The number of esters is 2. The Hall–Kier alpha value is -5.90. The Labute approximate surface area is 296 Å². The maximum Gasteiger partial charge on any atom is 0.407 e. The molecular formula is C41H41N3O7. The van der Waals surface area contributed by atoms with Crippen molar-refractivity contribution in [2.45, 2.75) is 63.8 Å². The lowest BCUT2D eigenvalue weighted by Crippen LogP contribution is -2.53. The first kappa shape index (κ1) is 34.9. The van der Waals surface area contributed by atoms with Crippen LogP contribution in [0.5, 0.6) is 0 Å². The van der Waals surface area contributed by atoms with E-state index in [1.54, 1.807) is 27.0 Å². The average Bonchev–Trinajstić information content (AvgIpc) is 3.67. The molecule has 2 atom stereocenters. The summed E-state index contributed by atoms with van der Waals surface area (Å²) in [5.74, 6) is -2.35. The second-order valence-electron chi connectivity index (χ2n) is 13.5. The van der Waals surface area contributed by atoms with Crippen molar-refractivity contribution < 1.29 is 33.4 Å². The zero-order chi connectivity index (χ0) is 36.0. The number of rotatable bonds is 12. The Morgan fingerprint density at radius 1 is 0.745 bits per heavy atom. The number of H-pyrrole nitrogens is 1. The molecule has 4 aromatic carbocycles. The standard InChI is InChI=1S/C41H41N3O7/c1-41(2,3)51-37(45)22-35(44-40(48)50-25-33-31-18-9-7-16-29(31)30-17-8-10-19-32(30)33)38(46)43-36(39(47)49-24-26-13-5-4-6-14-26)21-27-23-42-34-20-12-11-15-28(27)34/h4-20,23,33,35-36,42H,21-22,24-25H2,1-3H3,(H,43,46)(H,44,48)/t35-,36-/m0/s1. The van der Waals surface area contributed by atoms with Gasteiger partial charge in [0.2, 0.25) is 5.91 Å². The molecule has 0 spiro atoms. The van der Waals surface area contributed by atoms with Crippen LogP contribution in [-0.4, -0.2) is 53.2 Å². The van der Waals surface area contributed by atoms with Crippen LogP contribution in [0.25, 0.3) is 22.0 Å². The van der Waals surface area contributed by atoms with Gasteiger partial charge in [-0.15, -0.1) is 0 Å². The Kier molecular flexibility index (Phi) is 10.5. The highest BCUT2D eigenvalue weighted by atomic mass is 16.6. The van der Waals surface area contributed by atoms with Crippen LogP contribution in [0, 0.1) is 0 Å². The number of fused-ring (bicyclic) bond motifs is 4. The Morgan fingerprint density at radius 3 is 2.06 bits per heavy atom. The van der Waals surface area contributed by atoms with E-state index < -0.39 is 48.0 Å². The van der Waals surface area contributed by atoms with Crippen LogP contribution in [0.2, 0.25) is 0 Å². The lowest BCUT2D eigenvalue weighted by atomic mass is 9.98. The minimum absolute atomic E-state index is 0.000729. The number of hydrogen-bond donors (Lipinski definition) is 3. The molecule has 1 aliphatic carbocycles. The number of hydrogen-bond acceptors (Lipinski definition) is 7. The molecule has 0 radical (unpaired) electrons. The van der Waals surface area contributed by atoms with Gasteiger partial charge in [0.1, 0.15) is 30.9 Å². The van der Waals surface area contributed by atoms with E-state index >= 15 is 0 Å². The second kappa shape index (κ2) is 15.3. The predicted octanol–water partition coefficient (Wildman–Crippen LogP) is 6.58. The molecule has 51 heavy (non-hydrogen) atoms. The van der Waals surface area contributed by atoms with Crippen molar-refractivity contribution in [3.05, 3.63) is 132 Å². The number of amides is 2. The topological polar surface area (TPSA) is 136 Å². The molecule has 10 nitrogen and oxygen atoms in total. The fourth-order valence-electron chi connectivity index (χ4n) is 6.36. The number of alkyl carbamates (subject to hydrolysis) is 1. The number of para-hydroxylation sites is 1. The van der Waals surface area contributed by atoms with Gasteiger partial charge < -0.3 is 29.8 Å². The molecule has 3 N–H and O–H groups in total. The number of ether oxygens (including phenoxy) is 3. The van der Waals surface area contributed by atoms with Gasteiger partial charge in [-0.1, -0.05) is 97.1 Å². The summed E-state index contributed by atoms with van der Waals surface area (Å²) in [4.78, 5) is 57.0. The van der Waals surface area contributed by atoms with Crippen LogP contribution in [0.15, 0.2) is 109 Å². The third kappa shape index (κ3) is 8.64. The van der Waals surface area contributed by atoms with Gasteiger partial charge in [-0.25, -0.2) is 9.59 Å². The normalized spacial score (nSPS) is 13.4. The highest BCUT2D eigenvalue weighted by Crippen LogP contribution is 2.44. The van der Waals surface area contributed by atoms with Crippen LogP contribution in [0.3, 0.4) is 0 Å². The minimum atomic E-state index is -1.41. The molecule has 1 aliphatic rings. The van der Waals surface area contributed by atoms with Gasteiger partial charge in [-0.3, -0.25) is 9.59 Å². The summed E-state index contributed by atoms with van der Waals surface area (Å²) in [6.45, 7) is 5.13. The Bertz CT molecular complexity index is 1990. The fourth-order valence-corrected chi connectivity index (χ4v) is 6.36. The first-order valence-corrected chi connectivity index (χ1v) is 16.9. The van der Waals surface area contributed by atoms with Gasteiger partial charge >= 0.3 is 18.0 Å². The summed E-state index contributed by atoms with van der Waals surface area (Å²) < 4.78 is 16.8. The largest absolute Gasteiger partial charge is 0.460 e. The van der Waals surface area contributed by atoms with Gasteiger partial charge in [0.15, 0.2) is 0 Å². The van der Waals surface area contributed by atoms with Crippen LogP contribution in [0.1, 0.15) is 55.4 Å². The highest BCUT2D eigenvalue weighted by molar-refractivity contribution is 5.93. The van der Waals surface area contributed by atoms with Crippen LogP contribution < -0.4 is 10.6 Å². The van der Waals surface area contributed by atoms with E-state index in [1.807, 2.05) is 103 Å². The van der Waals surface area contributed by atoms with Gasteiger partial charge in [-0.2, -0.15) is 0 Å². The van der Waals surface area contributed by atoms with Gasteiger partial charge in [0, 0.05) is 29.4 Å². The molecule has 262 valence electrons. The summed E-state index contributed by atoms with van der Waals surface area (Å²) >= 11 is 0. The van der Waals surface area contributed by atoms with E-state index in [1.165, 1.54) is 0 Å². The molecule has 5 aromatic rings. The molecular weight excluding hydrogens is 646 g/mol. The molecule has 0 saturated carbocycles. The van der Waals surface area contributed by atoms with Crippen LogP contribution >= 0.6 is 0 Å². The van der Waals surface area contributed by atoms with Crippen molar-refractivity contribution in [2.24, 2.45) is 0 Å². The van der Waals surface area contributed by atoms with E-state index in [4.69, 9.17) is 14.2 Å². The zero-order valence-corrected chi connectivity index (χ0v) is 28.8. The summed E-state index contributed by atoms with van der Waals surface area (Å²) in [6, 6.07) is 30.1. The Morgan fingerprint density at radius 2 is 1.37 bits per heavy atom. The summed E-state index contributed by atoms with van der Waals surface area (Å²) in [6.07, 6.45) is 0.488. The fraction of sp³-hybridized carbons (Fsp3) is 0.268. The number of benzene rings is 4. The smallest absolute Gasteiger partial charge is 0.407 e. The number of nitrogens with one attached hydrogen (secondary N) is 3. The molecule has 0 unspecified atom stereocenters. The van der Waals surface area contributed by atoms with Gasteiger partial charge in [-0.05, 0) is 60.2 Å². The third-order valence-electron chi connectivity index (χ3n) is 8.67. The van der Waals surface area contributed by atoms with E-state index in [-0.39, 0.29) is 25.6 Å². The maximum absolute atomic E-state index is 13.9. The predicted molar refractivity (Wildman–Crippen MR) is 193 cm³/mol. The molecule has 1 aromatic heterocycles. The second-order valence-corrected chi connectivity index (χ2v) is 13.5. The summed E-state index contributed by atoms with van der Waals surface area (Å²) in [5.41, 5.74) is 5.81. The van der Waals surface area contributed by atoms with Gasteiger partial charge in [0.05, 0.1) is 6.42 Å². The van der Waals surface area contributed by atoms with Crippen molar-refractivity contribution in [3.63, 3.8) is 0 Å². The van der Waals surface area contributed by atoms with E-state index in [0.717, 1.165) is 44.3 Å². The van der Waals surface area contributed by atoms with E-state index in [0.29, 0.717) is 0 Å². The summed E-state index contributed by atoms with van der Waals surface area (Å²) in [5, 5.41) is 6.20. The van der Waals surface area contributed by atoms with Crippen molar-refractivity contribution >= 4 is 34.8 Å². The molecule has 6 rings (SSSR count). The molecule has 0 fully saturated rings. The number of aromatic nitrogens is 1. The monoisotopic (exact) mass is 687 g/mol. The van der Waals surface area contributed by atoms with E-state index in [9.17, 15) is 19.2 Å². The molecule has 0 saturated heterocycles. The quantitative estimate of drug-likeness (QED) is 0.0997. The lowest BCUT2D eigenvalue weighted by Gasteiger charge is -2.24. The van der Waals surface area contributed by atoms with E-state index in [2.05, 4.69) is 15.6 Å². The number of aromatic amines is 1. The SMILES string of the molecule is CC(C)(C)OC(=O)C[C@H](NC(=O)OCC1c2ccccc2-c2ccccc21)C(=O)N[C@@H](Cc1c[nH]c2ccccc12)C(=O)OCc1ccccc1. The average molecular weight is 688 g/mol. The lowest BCUT2D eigenvalue weighted by molar-refractivity contribution is -0.156. The van der Waals surface area contributed by atoms with Crippen molar-refractivity contribution in [3.8, 4) is 11.1 Å². The number of carbonyl (C=O) groups excluding carboxylic acids is 4. The minimum Gasteiger partial charge on any atom is -0.460 e. The molecule has 0 bridgehead atoms. The third-order valence-corrected chi connectivity index (χ3v) is 8.67. The van der Waals surface area contributed by atoms with Crippen molar-refractivity contribution in [2.75, 3.05) is 6.61 Å². The first-order valence-electron chi connectivity index (χ1n) is 16.9. The van der Waals surface area contributed by atoms with Crippen LogP contribution in [0.4, 0.5) is 4.79 Å². The Balaban J connectivity index is 1.19. The molecule has 0 aliphatic heterocycles. The molecule has 2 amide bonds. The zero-order valence-electron chi connectivity index (χ0n) is 28.8. The van der Waals surface area contributed by atoms with Gasteiger partial charge in [0.25, 0.3) is 0 Å². The first-order chi connectivity index (χ1) is 24.6. The highest BCUT2D eigenvalue weighted by Gasteiger charge is 2.33.